The molecule has 0 unspecified atom stereocenters. The first kappa shape index (κ1) is 18.7. The Kier molecular flexibility index (Phi) is 11.3. The van der Waals surface area contributed by atoms with E-state index >= 15 is 0 Å². The van der Waals surface area contributed by atoms with Gasteiger partial charge in [-0.3, -0.25) is 0 Å². The van der Waals surface area contributed by atoms with Crippen molar-refractivity contribution < 1.29 is 0 Å². The first-order valence-corrected chi connectivity index (χ1v) is 8.30. The van der Waals surface area contributed by atoms with E-state index in [9.17, 15) is 0 Å². The summed E-state index contributed by atoms with van der Waals surface area (Å²) in [7, 11) is 2.23. The summed E-state index contributed by atoms with van der Waals surface area (Å²) in [5.74, 6) is 0.769. The van der Waals surface area contributed by atoms with Crippen molar-refractivity contribution in [1.82, 2.24) is 4.90 Å². The Hall–Kier alpha value is -0.300. The van der Waals surface area contributed by atoms with Crippen LogP contribution in [0, 0.1) is 5.92 Å². The molecule has 0 atom stereocenters. The summed E-state index contributed by atoms with van der Waals surface area (Å²) in [5, 5.41) is 0. The minimum Gasteiger partial charge on any atom is -0.304 e. The summed E-state index contributed by atoms with van der Waals surface area (Å²) < 4.78 is 0. The fourth-order valence-corrected chi connectivity index (χ4v) is 2.38. The maximum atomic E-state index is 4.17. The van der Waals surface area contributed by atoms with Crippen LogP contribution in [-0.4, -0.2) is 24.5 Å². The molecule has 114 valence electrons. The average molecular weight is 268 g/mol. The smallest absolute Gasteiger partial charge is 0.00355 e. The predicted octanol–water partition coefficient (Wildman–Crippen LogP) is 5.66. The van der Waals surface area contributed by atoms with E-state index in [2.05, 4.69) is 46.2 Å². The van der Waals surface area contributed by atoms with Gasteiger partial charge in [0, 0.05) is 6.04 Å². The van der Waals surface area contributed by atoms with E-state index in [0.717, 1.165) is 5.92 Å². The molecule has 0 N–H and O–H groups in total. The minimum absolute atomic E-state index is 0.687. The lowest BCUT2D eigenvalue weighted by Gasteiger charge is -2.20. The maximum Gasteiger partial charge on any atom is 0.00355 e. The molecule has 19 heavy (non-hydrogen) atoms. The standard InChI is InChI=1S/C18H37N/c1-16(2)15-18(5)13-11-9-7-8-10-12-14-19(6)17(3)4/h16-17H,5,7-15H2,1-4,6H3. The van der Waals surface area contributed by atoms with Crippen molar-refractivity contribution in [2.45, 2.75) is 85.1 Å². The van der Waals surface area contributed by atoms with Crippen LogP contribution >= 0.6 is 0 Å². The van der Waals surface area contributed by atoms with Crippen LogP contribution in [0.2, 0.25) is 0 Å². The van der Waals surface area contributed by atoms with Gasteiger partial charge in [-0.15, -0.1) is 0 Å². The quantitative estimate of drug-likeness (QED) is 0.326. The van der Waals surface area contributed by atoms with E-state index < -0.39 is 0 Å². The molecule has 0 aliphatic carbocycles. The molecule has 0 saturated heterocycles. The predicted molar refractivity (Wildman–Crippen MR) is 88.7 cm³/mol. The van der Waals surface area contributed by atoms with Crippen molar-refractivity contribution in [2.24, 2.45) is 5.92 Å². The van der Waals surface area contributed by atoms with Gasteiger partial charge in [0.05, 0.1) is 0 Å². The molecule has 0 bridgehead atoms. The zero-order valence-corrected chi connectivity index (χ0v) is 14.2. The molecule has 0 heterocycles. The number of hydrogen-bond acceptors (Lipinski definition) is 1. The topological polar surface area (TPSA) is 3.24 Å². The molecule has 0 saturated carbocycles. The Morgan fingerprint density at radius 2 is 1.42 bits per heavy atom. The molecule has 0 aromatic rings. The SMILES string of the molecule is C=C(CCCCCCCCN(C)C(C)C)CC(C)C. The van der Waals surface area contributed by atoms with Crippen LogP contribution in [-0.2, 0) is 0 Å². The number of unbranched alkanes of at least 4 members (excludes halogenated alkanes) is 5. The third-order valence-corrected chi connectivity index (χ3v) is 3.87. The van der Waals surface area contributed by atoms with Gasteiger partial charge in [-0.25, -0.2) is 0 Å². The van der Waals surface area contributed by atoms with Crippen LogP contribution in [0.1, 0.15) is 79.1 Å². The summed E-state index contributed by atoms with van der Waals surface area (Å²) in [5.41, 5.74) is 1.45. The monoisotopic (exact) mass is 267 g/mol. The highest BCUT2D eigenvalue weighted by Crippen LogP contribution is 2.16. The molecule has 0 rings (SSSR count). The van der Waals surface area contributed by atoms with Crippen molar-refractivity contribution in [2.75, 3.05) is 13.6 Å². The maximum absolute atomic E-state index is 4.17. The van der Waals surface area contributed by atoms with Gasteiger partial charge in [-0.1, -0.05) is 51.7 Å². The molecule has 0 aromatic carbocycles. The first-order chi connectivity index (χ1) is 8.93. The number of nitrogens with zero attached hydrogens (tertiary/aromatic N) is 1. The highest BCUT2D eigenvalue weighted by molar-refractivity contribution is 4.94. The summed E-state index contributed by atoms with van der Waals surface area (Å²) in [6, 6.07) is 0.687. The van der Waals surface area contributed by atoms with E-state index in [0.29, 0.717) is 6.04 Å². The molecule has 0 amide bonds. The lowest BCUT2D eigenvalue weighted by atomic mass is 9.99. The summed E-state index contributed by atoms with van der Waals surface area (Å²) in [4.78, 5) is 2.44. The fourth-order valence-electron chi connectivity index (χ4n) is 2.38. The molecule has 0 aliphatic rings. The van der Waals surface area contributed by atoms with Crippen LogP contribution in [0.15, 0.2) is 12.2 Å². The van der Waals surface area contributed by atoms with Crippen molar-refractivity contribution in [3.8, 4) is 0 Å². The molecule has 0 fully saturated rings. The van der Waals surface area contributed by atoms with Crippen LogP contribution in [0.4, 0.5) is 0 Å². The van der Waals surface area contributed by atoms with E-state index in [1.807, 2.05) is 0 Å². The van der Waals surface area contributed by atoms with E-state index in [1.54, 1.807) is 0 Å². The lowest BCUT2D eigenvalue weighted by molar-refractivity contribution is 0.267. The first-order valence-electron chi connectivity index (χ1n) is 8.30. The van der Waals surface area contributed by atoms with Crippen molar-refractivity contribution in [3.05, 3.63) is 12.2 Å². The van der Waals surface area contributed by atoms with E-state index in [4.69, 9.17) is 0 Å². The summed E-state index contributed by atoms with van der Waals surface area (Å²) >= 11 is 0. The van der Waals surface area contributed by atoms with E-state index in [1.165, 1.54) is 63.5 Å². The number of hydrogen-bond donors (Lipinski definition) is 0. The second kappa shape index (κ2) is 11.5. The van der Waals surface area contributed by atoms with Crippen LogP contribution in [0.3, 0.4) is 0 Å². The Bertz CT molecular complexity index is 218. The van der Waals surface area contributed by atoms with Crippen LogP contribution in [0.5, 0.6) is 0 Å². The van der Waals surface area contributed by atoms with Crippen LogP contribution in [0.25, 0.3) is 0 Å². The zero-order chi connectivity index (χ0) is 14.7. The van der Waals surface area contributed by atoms with Gasteiger partial charge in [0.25, 0.3) is 0 Å². The minimum atomic E-state index is 0.687. The third-order valence-electron chi connectivity index (χ3n) is 3.87. The second-order valence-corrected chi connectivity index (χ2v) is 6.79. The van der Waals surface area contributed by atoms with Gasteiger partial charge < -0.3 is 4.90 Å². The normalized spacial score (nSPS) is 11.8. The van der Waals surface area contributed by atoms with Crippen molar-refractivity contribution >= 4 is 0 Å². The van der Waals surface area contributed by atoms with Crippen molar-refractivity contribution in [3.63, 3.8) is 0 Å². The molecule has 0 aliphatic heterocycles. The summed E-state index contributed by atoms with van der Waals surface area (Å²) in [6.07, 6.45) is 10.7. The highest BCUT2D eigenvalue weighted by atomic mass is 15.1. The van der Waals surface area contributed by atoms with E-state index in [-0.39, 0.29) is 0 Å². The Labute approximate surface area is 122 Å². The van der Waals surface area contributed by atoms with Gasteiger partial charge in [-0.05, 0) is 59.0 Å². The average Bonchev–Trinajstić information content (AvgIpc) is 2.31. The molecule has 0 spiro atoms. The highest BCUT2D eigenvalue weighted by Gasteiger charge is 2.02. The zero-order valence-electron chi connectivity index (χ0n) is 14.2. The van der Waals surface area contributed by atoms with Crippen molar-refractivity contribution in [1.29, 1.82) is 0 Å². The van der Waals surface area contributed by atoms with Gasteiger partial charge in [0.2, 0.25) is 0 Å². The summed E-state index contributed by atoms with van der Waals surface area (Å²) in [6.45, 7) is 14.5. The molecule has 0 aromatic heterocycles. The Morgan fingerprint density at radius 3 is 1.95 bits per heavy atom. The third kappa shape index (κ3) is 12.5. The molecule has 1 nitrogen and oxygen atoms in total. The largest absolute Gasteiger partial charge is 0.304 e. The molecule has 0 radical (unpaired) electrons. The number of rotatable bonds is 12. The molecular weight excluding hydrogens is 230 g/mol. The van der Waals surface area contributed by atoms with Crippen LogP contribution < -0.4 is 0 Å². The second-order valence-electron chi connectivity index (χ2n) is 6.79. The molecule has 1 heteroatoms. The lowest BCUT2D eigenvalue weighted by Crippen LogP contribution is -2.27. The molecular formula is C18H37N. The Balaban J connectivity index is 3.25. The fraction of sp³-hybridized carbons (Fsp3) is 0.889. The van der Waals surface area contributed by atoms with Gasteiger partial charge in [0.1, 0.15) is 0 Å². The van der Waals surface area contributed by atoms with Gasteiger partial charge >= 0.3 is 0 Å². The van der Waals surface area contributed by atoms with Gasteiger partial charge in [-0.2, -0.15) is 0 Å². The van der Waals surface area contributed by atoms with Gasteiger partial charge in [0.15, 0.2) is 0 Å². The Morgan fingerprint density at radius 1 is 0.895 bits per heavy atom. The number of allylic oxidation sites excluding steroid dienone is 1.